The van der Waals surface area contributed by atoms with Crippen molar-refractivity contribution in [3.8, 4) is 0 Å². The molecule has 1 N–H and O–H groups in total. The number of benzene rings is 1. The number of aliphatic hydroxyl groups is 1. The van der Waals surface area contributed by atoms with Crippen molar-refractivity contribution in [3.63, 3.8) is 0 Å². The van der Waals surface area contributed by atoms with E-state index in [-0.39, 0.29) is 6.10 Å². The SMILES string of the molecule is OC1CCCC2=C1c1ccccc1CO2. The van der Waals surface area contributed by atoms with E-state index in [0.29, 0.717) is 6.61 Å². The summed E-state index contributed by atoms with van der Waals surface area (Å²) in [6.45, 7) is 0.654. The van der Waals surface area contributed by atoms with Crippen LogP contribution in [0.15, 0.2) is 30.0 Å². The third kappa shape index (κ3) is 1.37. The first kappa shape index (κ1) is 8.98. The van der Waals surface area contributed by atoms with Crippen LogP contribution in [0.1, 0.15) is 30.4 Å². The highest BCUT2D eigenvalue weighted by Crippen LogP contribution is 2.38. The molecule has 78 valence electrons. The van der Waals surface area contributed by atoms with E-state index in [9.17, 15) is 5.11 Å². The van der Waals surface area contributed by atoms with Crippen molar-refractivity contribution in [2.24, 2.45) is 0 Å². The summed E-state index contributed by atoms with van der Waals surface area (Å²) in [6.07, 6.45) is 2.52. The lowest BCUT2D eigenvalue weighted by Crippen LogP contribution is -2.21. The van der Waals surface area contributed by atoms with Gasteiger partial charge in [-0.25, -0.2) is 0 Å². The summed E-state index contributed by atoms with van der Waals surface area (Å²) in [5.74, 6) is 1.01. The maximum Gasteiger partial charge on any atom is 0.113 e. The molecule has 0 spiro atoms. The molecule has 0 radical (unpaired) electrons. The van der Waals surface area contributed by atoms with Crippen LogP contribution in [-0.2, 0) is 11.3 Å². The van der Waals surface area contributed by atoms with Crippen LogP contribution in [0.3, 0.4) is 0 Å². The van der Waals surface area contributed by atoms with E-state index in [1.54, 1.807) is 0 Å². The maximum atomic E-state index is 10.0. The third-order valence-electron chi connectivity index (χ3n) is 3.22. The molecule has 1 heterocycles. The molecule has 2 aliphatic rings. The number of allylic oxidation sites excluding steroid dienone is 1. The van der Waals surface area contributed by atoms with Gasteiger partial charge < -0.3 is 9.84 Å². The third-order valence-corrected chi connectivity index (χ3v) is 3.22. The van der Waals surface area contributed by atoms with Crippen LogP contribution in [0.25, 0.3) is 5.57 Å². The Hall–Kier alpha value is -1.28. The number of fused-ring (bicyclic) bond motifs is 2. The molecule has 0 amide bonds. The summed E-state index contributed by atoms with van der Waals surface area (Å²) in [5, 5.41) is 10.0. The normalized spacial score (nSPS) is 24.2. The average molecular weight is 202 g/mol. The fourth-order valence-electron chi connectivity index (χ4n) is 2.47. The monoisotopic (exact) mass is 202 g/mol. The summed E-state index contributed by atoms with van der Waals surface area (Å²) < 4.78 is 5.70. The van der Waals surface area contributed by atoms with Crippen LogP contribution in [0.2, 0.25) is 0 Å². The van der Waals surface area contributed by atoms with Gasteiger partial charge in [0.25, 0.3) is 0 Å². The van der Waals surface area contributed by atoms with Gasteiger partial charge in [-0.2, -0.15) is 0 Å². The quantitative estimate of drug-likeness (QED) is 0.700. The van der Waals surface area contributed by atoms with Crippen molar-refractivity contribution in [2.45, 2.75) is 32.0 Å². The second kappa shape index (κ2) is 3.38. The number of aliphatic hydroxyl groups excluding tert-OH is 1. The van der Waals surface area contributed by atoms with E-state index < -0.39 is 0 Å². The summed E-state index contributed by atoms with van der Waals surface area (Å²) in [6, 6.07) is 8.20. The van der Waals surface area contributed by atoms with E-state index in [1.807, 2.05) is 12.1 Å². The zero-order valence-corrected chi connectivity index (χ0v) is 8.57. The molecule has 0 aromatic heterocycles. The Morgan fingerprint density at radius 1 is 1.27 bits per heavy atom. The lowest BCUT2D eigenvalue weighted by molar-refractivity contribution is 0.148. The van der Waals surface area contributed by atoms with Crippen molar-refractivity contribution in [1.29, 1.82) is 0 Å². The van der Waals surface area contributed by atoms with Crippen LogP contribution in [0, 0.1) is 0 Å². The zero-order valence-electron chi connectivity index (χ0n) is 8.57. The Labute approximate surface area is 89.2 Å². The fraction of sp³-hybridized carbons (Fsp3) is 0.385. The van der Waals surface area contributed by atoms with Gasteiger partial charge >= 0.3 is 0 Å². The second-order valence-corrected chi connectivity index (χ2v) is 4.19. The molecule has 1 aromatic carbocycles. The van der Waals surface area contributed by atoms with Gasteiger partial charge in [0.05, 0.1) is 6.10 Å². The van der Waals surface area contributed by atoms with Gasteiger partial charge in [0.1, 0.15) is 12.4 Å². The van der Waals surface area contributed by atoms with Crippen LogP contribution < -0.4 is 0 Å². The molecule has 1 unspecified atom stereocenters. The molecular formula is C13H14O2. The highest BCUT2D eigenvalue weighted by molar-refractivity contribution is 5.74. The van der Waals surface area contributed by atoms with Crippen molar-refractivity contribution in [1.82, 2.24) is 0 Å². The molecule has 2 nitrogen and oxygen atoms in total. The Bertz CT molecular complexity index is 420. The number of hydrogen-bond acceptors (Lipinski definition) is 2. The molecule has 2 heteroatoms. The highest BCUT2D eigenvalue weighted by atomic mass is 16.5. The number of hydrogen-bond donors (Lipinski definition) is 1. The molecule has 0 bridgehead atoms. The average Bonchev–Trinajstić information content (AvgIpc) is 2.29. The van der Waals surface area contributed by atoms with Crippen molar-refractivity contribution < 1.29 is 9.84 Å². The minimum absolute atomic E-state index is 0.338. The summed E-state index contributed by atoms with van der Waals surface area (Å²) >= 11 is 0. The van der Waals surface area contributed by atoms with E-state index in [1.165, 1.54) is 11.1 Å². The molecule has 1 aliphatic carbocycles. The van der Waals surface area contributed by atoms with E-state index in [0.717, 1.165) is 30.6 Å². The van der Waals surface area contributed by atoms with Crippen LogP contribution in [0.4, 0.5) is 0 Å². The molecule has 3 rings (SSSR count). The number of rotatable bonds is 0. The molecular weight excluding hydrogens is 188 g/mol. The van der Waals surface area contributed by atoms with E-state index >= 15 is 0 Å². The number of ether oxygens (including phenoxy) is 1. The smallest absolute Gasteiger partial charge is 0.113 e. The largest absolute Gasteiger partial charge is 0.493 e. The molecule has 1 aromatic rings. The van der Waals surface area contributed by atoms with Gasteiger partial charge in [-0.05, 0) is 24.0 Å². The molecule has 0 saturated heterocycles. The lowest BCUT2D eigenvalue weighted by Gasteiger charge is -2.30. The van der Waals surface area contributed by atoms with Crippen LogP contribution in [0.5, 0.6) is 0 Å². The van der Waals surface area contributed by atoms with Crippen molar-refractivity contribution in [2.75, 3.05) is 0 Å². The van der Waals surface area contributed by atoms with E-state index in [4.69, 9.17) is 4.74 Å². The first-order valence-corrected chi connectivity index (χ1v) is 5.48. The van der Waals surface area contributed by atoms with Gasteiger partial charge in [-0.3, -0.25) is 0 Å². The van der Waals surface area contributed by atoms with Gasteiger partial charge in [0.2, 0.25) is 0 Å². The molecule has 15 heavy (non-hydrogen) atoms. The molecule has 1 aliphatic heterocycles. The Kier molecular flexibility index (Phi) is 2.03. The lowest BCUT2D eigenvalue weighted by atomic mass is 9.86. The maximum absolute atomic E-state index is 10.0. The Balaban J connectivity index is 2.16. The topological polar surface area (TPSA) is 29.5 Å². The summed E-state index contributed by atoms with van der Waals surface area (Å²) in [4.78, 5) is 0. The first-order valence-electron chi connectivity index (χ1n) is 5.48. The minimum atomic E-state index is -0.338. The molecule has 0 saturated carbocycles. The first-order chi connectivity index (χ1) is 7.36. The highest BCUT2D eigenvalue weighted by Gasteiger charge is 2.28. The minimum Gasteiger partial charge on any atom is -0.493 e. The predicted octanol–water partition coefficient (Wildman–Crippen LogP) is 2.47. The summed E-state index contributed by atoms with van der Waals surface area (Å²) in [5.41, 5.74) is 3.41. The predicted molar refractivity (Wildman–Crippen MR) is 58.0 cm³/mol. The van der Waals surface area contributed by atoms with E-state index in [2.05, 4.69) is 12.1 Å². The van der Waals surface area contributed by atoms with Crippen molar-refractivity contribution in [3.05, 3.63) is 41.2 Å². The Morgan fingerprint density at radius 3 is 3.07 bits per heavy atom. The van der Waals surface area contributed by atoms with Gasteiger partial charge in [-0.1, -0.05) is 24.3 Å². The van der Waals surface area contributed by atoms with Crippen LogP contribution >= 0.6 is 0 Å². The van der Waals surface area contributed by atoms with Crippen molar-refractivity contribution >= 4 is 5.57 Å². The Morgan fingerprint density at radius 2 is 2.13 bits per heavy atom. The van der Waals surface area contributed by atoms with Gasteiger partial charge in [0.15, 0.2) is 0 Å². The van der Waals surface area contributed by atoms with Crippen LogP contribution in [-0.4, -0.2) is 11.2 Å². The summed E-state index contributed by atoms with van der Waals surface area (Å²) in [7, 11) is 0. The zero-order chi connectivity index (χ0) is 10.3. The fourth-order valence-corrected chi connectivity index (χ4v) is 2.47. The second-order valence-electron chi connectivity index (χ2n) is 4.19. The molecule has 0 fully saturated rings. The molecule has 1 atom stereocenters. The van der Waals surface area contributed by atoms with Gasteiger partial charge in [-0.15, -0.1) is 0 Å². The van der Waals surface area contributed by atoms with Gasteiger partial charge in [0, 0.05) is 12.0 Å². The standard InChI is InChI=1S/C13H14O2/c14-11-6-3-7-12-13(11)10-5-2-1-4-9(10)8-15-12/h1-2,4-5,11,14H,3,6-8H2.